The van der Waals surface area contributed by atoms with Crippen LogP contribution in [0.25, 0.3) is 11.3 Å². The highest BCUT2D eigenvalue weighted by molar-refractivity contribution is 5.87. The zero-order chi connectivity index (χ0) is 14.2. The van der Waals surface area contributed by atoms with Gasteiger partial charge in [-0.05, 0) is 38.1 Å². The largest absolute Gasteiger partial charge is 0.477 e. The topological polar surface area (TPSA) is 42.2 Å². The molecule has 0 aliphatic carbocycles. The highest BCUT2D eigenvalue weighted by Gasteiger charge is 2.19. The molecule has 1 heterocycles. The van der Waals surface area contributed by atoms with Crippen LogP contribution >= 0.6 is 0 Å². The minimum Gasteiger partial charge on any atom is -0.477 e. The molecule has 5 heteroatoms. The van der Waals surface area contributed by atoms with Gasteiger partial charge in [-0.1, -0.05) is 0 Å². The summed E-state index contributed by atoms with van der Waals surface area (Å²) in [4.78, 5) is 11.1. The lowest BCUT2D eigenvalue weighted by Gasteiger charge is -2.16. The summed E-state index contributed by atoms with van der Waals surface area (Å²) in [6, 6.07) is 6.04. The number of carbonyl (C=O) groups is 1. The molecule has 1 N–H and O–H groups in total. The van der Waals surface area contributed by atoms with E-state index in [1.54, 1.807) is 13.8 Å². The predicted molar refractivity (Wildman–Crippen MR) is 67.1 cm³/mol. The average Bonchev–Trinajstić information content (AvgIpc) is 2.73. The normalized spacial score (nSPS) is 11.0. The number of aromatic nitrogens is 1. The van der Waals surface area contributed by atoms with Crippen molar-refractivity contribution in [1.29, 1.82) is 0 Å². The minimum atomic E-state index is -1.08. The third-order valence-electron chi connectivity index (χ3n) is 2.86. The monoisotopic (exact) mass is 265 g/mol. The number of carboxylic acid groups (broad SMARTS) is 1. The Morgan fingerprint density at radius 3 is 2.42 bits per heavy atom. The molecular weight excluding hydrogens is 252 g/mol. The highest BCUT2D eigenvalue weighted by Crippen LogP contribution is 2.28. The summed E-state index contributed by atoms with van der Waals surface area (Å²) in [5, 5.41) is 9.11. The molecule has 2 rings (SSSR count). The van der Waals surface area contributed by atoms with Crippen LogP contribution in [0.4, 0.5) is 8.78 Å². The standard InChI is InChI=1S/C14H13F2NO2/c1-8(2)17-12(5-6-13(17)14(18)19)10-4-3-9(15)7-11(10)16/h3-8H,1-2H3,(H,18,19). The molecular formula is C14H13F2NO2. The third-order valence-corrected chi connectivity index (χ3v) is 2.86. The van der Waals surface area contributed by atoms with Gasteiger partial charge in [0.05, 0.1) is 5.69 Å². The number of nitrogens with zero attached hydrogens (tertiary/aromatic N) is 1. The Bertz CT molecular complexity index is 632. The van der Waals surface area contributed by atoms with Crippen LogP contribution in [0.2, 0.25) is 0 Å². The van der Waals surface area contributed by atoms with Crippen LogP contribution in [0, 0.1) is 11.6 Å². The summed E-state index contributed by atoms with van der Waals surface area (Å²) >= 11 is 0. The fraction of sp³-hybridized carbons (Fsp3) is 0.214. The molecule has 1 aromatic carbocycles. The maximum Gasteiger partial charge on any atom is 0.352 e. The maximum absolute atomic E-state index is 13.8. The number of halogens is 2. The van der Waals surface area contributed by atoms with Crippen LogP contribution in [0.15, 0.2) is 30.3 Å². The van der Waals surface area contributed by atoms with Crippen LogP contribution in [-0.4, -0.2) is 15.6 Å². The van der Waals surface area contributed by atoms with Crippen LogP contribution in [0.5, 0.6) is 0 Å². The Labute approximate surface area is 109 Å². The molecule has 0 aliphatic heterocycles. The van der Waals surface area contributed by atoms with Gasteiger partial charge in [-0.15, -0.1) is 0 Å². The molecule has 0 atom stereocenters. The summed E-state index contributed by atoms with van der Waals surface area (Å²) in [5.41, 5.74) is 0.682. The summed E-state index contributed by atoms with van der Waals surface area (Å²) < 4.78 is 28.2. The van der Waals surface area contributed by atoms with Crippen molar-refractivity contribution >= 4 is 5.97 Å². The molecule has 0 unspecified atom stereocenters. The fourth-order valence-electron chi connectivity index (χ4n) is 2.10. The van der Waals surface area contributed by atoms with E-state index in [0.717, 1.165) is 12.1 Å². The van der Waals surface area contributed by atoms with Gasteiger partial charge in [-0.3, -0.25) is 0 Å². The molecule has 0 saturated heterocycles. The number of aromatic carboxylic acids is 1. The molecule has 0 amide bonds. The smallest absolute Gasteiger partial charge is 0.352 e. The molecule has 100 valence electrons. The van der Waals surface area contributed by atoms with Crippen molar-refractivity contribution in [1.82, 2.24) is 4.57 Å². The Balaban J connectivity index is 2.65. The Morgan fingerprint density at radius 2 is 1.89 bits per heavy atom. The van der Waals surface area contributed by atoms with E-state index < -0.39 is 17.6 Å². The zero-order valence-corrected chi connectivity index (χ0v) is 10.5. The quantitative estimate of drug-likeness (QED) is 0.919. The summed E-state index contributed by atoms with van der Waals surface area (Å²) in [6.45, 7) is 3.61. The number of hydrogen-bond donors (Lipinski definition) is 1. The molecule has 0 radical (unpaired) electrons. The van der Waals surface area contributed by atoms with Gasteiger partial charge in [-0.25, -0.2) is 13.6 Å². The Kier molecular flexibility index (Phi) is 3.38. The van der Waals surface area contributed by atoms with Crippen LogP contribution in [0.1, 0.15) is 30.4 Å². The van der Waals surface area contributed by atoms with Gasteiger partial charge < -0.3 is 9.67 Å². The van der Waals surface area contributed by atoms with Crippen molar-refractivity contribution in [2.75, 3.05) is 0 Å². The molecule has 2 aromatic rings. The predicted octanol–water partition coefficient (Wildman–Crippen LogP) is 3.71. The van der Waals surface area contributed by atoms with E-state index in [9.17, 15) is 13.6 Å². The van der Waals surface area contributed by atoms with Crippen molar-refractivity contribution < 1.29 is 18.7 Å². The zero-order valence-electron chi connectivity index (χ0n) is 10.5. The SMILES string of the molecule is CC(C)n1c(C(=O)O)ccc1-c1ccc(F)cc1F. The van der Waals surface area contributed by atoms with E-state index in [1.807, 2.05) is 0 Å². The van der Waals surface area contributed by atoms with Crippen LogP contribution < -0.4 is 0 Å². The first kappa shape index (κ1) is 13.3. The van der Waals surface area contributed by atoms with E-state index >= 15 is 0 Å². The molecule has 1 aromatic heterocycles. The summed E-state index contributed by atoms with van der Waals surface area (Å²) in [5.74, 6) is -2.46. The fourth-order valence-corrected chi connectivity index (χ4v) is 2.10. The number of hydrogen-bond acceptors (Lipinski definition) is 1. The number of carboxylic acids is 1. The van der Waals surface area contributed by atoms with Gasteiger partial charge in [0.15, 0.2) is 0 Å². The molecule has 0 aliphatic rings. The van der Waals surface area contributed by atoms with E-state index in [1.165, 1.54) is 22.8 Å². The van der Waals surface area contributed by atoms with Gasteiger partial charge in [0.25, 0.3) is 0 Å². The molecule has 3 nitrogen and oxygen atoms in total. The lowest BCUT2D eigenvalue weighted by molar-refractivity contribution is 0.0683. The number of rotatable bonds is 3. The first-order valence-corrected chi connectivity index (χ1v) is 5.81. The van der Waals surface area contributed by atoms with Crippen LogP contribution in [0.3, 0.4) is 0 Å². The van der Waals surface area contributed by atoms with Crippen LogP contribution in [-0.2, 0) is 0 Å². The van der Waals surface area contributed by atoms with Gasteiger partial charge >= 0.3 is 5.97 Å². The van der Waals surface area contributed by atoms with E-state index in [2.05, 4.69) is 0 Å². The molecule has 0 fully saturated rings. The summed E-state index contributed by atoms with van der Waals surface area (Å²) in [6.07, 6.45) is 0. The molecule has 0 saturated carbocycles. The van der Waals surface area contributed by atoms with Crippen molar-refractivity contribution in [3.05, 3.63) is 47.7 Å². The lowest BCUT2D eigenvalue weighted by atomic mass is 10.1. The van der Waals surface area contributed by atoms with Crippen molar-refractivity contribution in [2.24, 2.45) is 0 Å². The van der Waals surface area contributed by atoms with Gasteiger partial charge in [-0.2, -0.15) is 0 Å². The van der Waals surface area contributed by atoms with Crippen molar-refractivity contribution in [3.63, 3.8) is 0 Å². The first-order chi connectivity index (χ1) is 8.91. The molecule has 19 heavy (non-hydrogen) atoms. The van der Waals surface area contributed by atoms with E-state index in [4.69, 9.17) is 5.11 Å². The first-order valence-electron chi connectivity index (χ1n) is 5.81. The highest BCUT2D eigenvalue weighted by atomic mass is 19.1. The summed E-state index contributed by atoms with van der Waals surface area (Å²) in [7, 11) is 0. The van der Waals surface area contributed by atoms with Gasteiger partial charge in [0, 0.05) is 17.7 Å². The average molecular weight is 265 g/mol. The lowest BCUT2D eigenvalue weighted by Crippen LogP contribution is -2.12. The third kappa shape index (κ3) is 2.36. The Morgan fingerprint density at radius 1 is 1.21 bits per heavy atom. The van der Waals surface area contributed by atoms with Crippen molar-refractivity contribution in [3.8, 4) is 11.3 Å². The van der Waals surface area contributed by atoms with E-state index in [-0.39, 0.29) is 17.3 Å². The van der Waals surface area contributed by atoms with Crippen molar-refractivity contribution in [2.45, 2.75) is 19.9 Å². The molecule has 0 bridgehead atoms. The maximum atomic E-state index is 13.8. The minimum absolute atomic E-state index is 0.0775. The molecule has 0 spiro atoms. The second-order valence-corrected chi connectivity index (χ2v) is 4.50. The Hall–Kier alpha value is -2.17. The van der Waals surface area contributed by atoms with Gasteiger partial charge in [0.2, 0.25) is 0 Å². The van der Waals surface area contributed by atoms with E-state index in [0.29, 0.717) is 5.69 Å². The second kappa shape index (κ2) is 4.84. The number of benzene rings is 1. The van der Waals surface area contributed by atoms with Gasteiger partial charge in [0.1, 0.15) is 17.3 Å². The second-order valence-electron chi connectivity index (χ2n) is 4.50.